The minimum Gasteiger partial charge on any atom is -0.387 e. The molecular formula is C14H19N5O2. The van der Waals surface area contributed by atoms with Crippen LogP contribution in [0.5, 0.6) is 0 Å². The zero-order valence-corrected chi connectivity index (χ0v) is 12.1. The van der Waals surface area contributed by atoms with Crippen LogP contribution in [0.25, 0.3) is 0 Å². The number of hydrogen-bond acceptors (Lipinski definition) is 4. The van der Waals surface area contributed by atoms with E-state index in [0.717, 1.165) is 11.1 Å². The quantitative estimate of drug-likeness (QED) is 0.754. The van der Waals surface area contributed by atoms with E-state index in [-0.39, 0.29) is 19.1 Å². The van der Waals surface area contributed by atoms with Crippen molar-refractivity contribution >= 4 is 6.03 Å². The molecule has 2 amide bonds. The molecule has 1 unspecified atom stereocenters. The number of aryl methyl sites for hydroxylation is 2. The molecule has 0 aliphatic heterocycles. The minimum atomic E-state index is -0.732. The summed E-state index contributed by atoms with van der Waals surface area (Å²) in [5.74, 6) is 0.534. The predicted octanol–water partition coefficient (Wildman–Crippen LogP) is 0.656. The molecule has 7 heteroatoms. The van der Waals surface area contributed by atoms with Gasteiger partial charge in [-0.2, -0.15) is 5.10 Å². The van der Waals surface area contributed by atoms with Crippen LogP contribution in [-0.2, 0) is 13.6 Å². The van der Waals surface area contributed by atoms with Gasteiger partial charge in [-0.15, -0.1) is 0 Å². The van der Waals surface area contributed by atoms with E-state index in [9.17, 15) is 9.90 Å². The number of aliphatic hydroxyl groups is 1. The van der Waals surface area contributed by atoms with Gasteiger partial charge in [0.15, 0.2) is 5.82 Å². The number of nitrogens with zero attached hydrogens (tertiary/aromatic N) is 3. The van der Waals surface area contributed by atoms with Gasteiger partial charge in [0.25, 0.3) is 0 Å². The van der Waals surface area contributed by atoms with E-state index in [2.05, 4.69) is 20.7 Å². The molecule has 0 radical (unpaired) electrons. The van der Waals surface area contributed by atoms with E-state index in [1.807, 2.05) is 31.2 Å². The first kappa shape index (κ1) is 15.0. The number of amides is 2. The number of aliphatic hydroxyl groups excluding tert-OH is 1. The van der Waals surface area contributed by atoms with Gasteiger partial charge in [0.05, 0.1) is 12.6 Å². The molecule has 1 aromatic carbocycles. The number of carbonyl (C=O) groups excluding carboxylic acids is 1. The lowest BCUT2D eigenvalue weighted by Crippen LogP contribution is -2.37. The topological polar surface area (TPSA) is 92.1 Å². The predicted molar refractivity (Wildman–Crippen MR) is 77.4 cm³/mol. The maximum absolute atomic E-state index is 11.6. The molecule has 7 nitrogen and oxygen atoms in total. The number of nitrogens with one attached hydrogen (secondary N) is 2. The summed E-state index contributed by atoms with van der Waals surface area (Å²) in [5, 5.41) is 19.4. The van der Waals surface area contributed by atoms with Crippen molar-refractivity contribution in [2.45, 2.75) is 19.6 Å². The molecule has 112 valence electrons. The molecule has 0 aliphatic carbocycles. The highest BCUT2D eigenvalue weighted by Crippen LogP contribution is 2.15. The van der Waals surface area contributed by atoms with Gasteiger partial charge in [0.2, 0.25) is 0 Å². The van der Waals surface area contributed by atoms with Crippen LogP contribution in [0.3, 0.4) is 0 Å². The highest BCUT2D eigenvalue weighted by atomic mass is 16.3. The Hall–Kier alpha value is -2.41. The van der Waals surface area contributed by atoms with Gasteiger partial charge in [-0.05, 0) is 18.1 Å². The van der Waals surface area contributed by atoms with Gasteiger partial charge in [0, 0.05) is 13.6 Å². The summed E-state index contributed by atoms with van der Waals surface area (Å²) in [6.45, 7) is 2.31. The lowest BCUT2D eigenvalue weighted by Gasteiger charge is -2.14. The van der Waals surface area contributed by atoms with E-state index in [4.69, 9.17) is 0 Å². The molecule has 0 saturated carbocycles. The molecule has 0 aliphatic rings. The third kappa shape index (κ3) is 4.28. The Balaban J connectivity index is 1.77. The van der Waals surface area contributed by atoms with Gasteiger partial charge in [-0.25, -0.2) is 9.78 Å². The zero-order chi connectivity index (χ0) is 15.2. The van der Waals surface area contributed by atoms with Crippen molar-refractivity contribution in [2.24, 2.45) is 7.05 Å². The average Bonchev–Trinajstić information content (AvgIpc) is 2.89. The summed E-state index contributed by atoms with van der Waals surface area (Å²) in [6.07, 6.45) is 0.835. The monoisotopic (exact) mass is 289 g/mol. The number of hydrogen-bond donors (Lipinski definition) is 3. The molecule has 0 spiro atoms. The Labute approximate surface area is 123 Å². The summed E-state index contributed by atoms with van der Waals surface area (Å²) >= 11 is 0. The van der Waals surface area contributed by atoms with Crippen LogP contribution in [0.15, 0.2) is 30.6 Å². The van der Waals surface area contributed by atoms with Crippen molar-refractivity contribution in [2.75, 3.05) is 6.54 Å². The van der Waals surface area contributed by atoms with E-state index >= 15 is 0 Å². The summed E-state index contributed by atoms with van der Waals surface area (Å²) in [5.41, 5.74) is 1.80. The van der Waals surface area contributed by atoms with Gasteiger partial charge >= 0.3 is 6.03 Å². The van der Waals surface area contributed by atoms with Gasteiger partial charge < -0.3 is 15.7 Å². The molecule has 2 rings (SSSR count). The van der Waals surface area contributed by atoms with Crippen LogP contribution >= 0.6 is 0 Å². The molecule has 1 heterocycles. The SMILES string of the molecule is Cc1ccccc1C(O)CNC(=O)NCc1ncn(C)n1. The Morgan fingerprint density at radius 2 is 2.14 bits per heavy atom. The van der Waals surface area contributed by atoms with Crippen molar-refractivity contribution in [1.29, 1.82) is 0 Å². The number of aromatic nitrogens is 3. The third-order valence-corrected chi connectivity index (χ3v) is 3.06. The number of urea groups is 1. The molecule has 2 aromatic rings. The second-order valence-corrected chi connectivity index (χ2v) is 4.77. The smallest absolute Gasteiger partial charge is 0.315 e. The van der Waals surface area contributed by atoms with Crippen LogP contribution in [0.4, 0.5) is 4.79 Å². The fraction of sp³-hybridized carbons (Fsp3) is 0.357. The summed E-state index contributed by atoms with van der Waals surface area (Å²) in [7, 11) is 1.76. The normalized spacial score (nSPS) is 12.0. The highest BCUT2D eigenvalue weighted by molar-refractivity contribution is 5.73. The van der Waals surface area contributed by atoms with Crippen molar-refractivity contribution in [1.82, 2.24) is 25.4 Å². The molecule has 1 aromatic heterocycles. The Morgan fingerprint density at radius 1 is 1.38 bits per heavy atom. The van der Waals surface area contributed by atoms with Crippen molar-refractivity contribution in [3.05, 3.63) is 47.5 Å². The zero-order valence-electron chi connectivity index (χ0n) is 12.1. The fourth-order valence-electron chi connectivity index (χ4n) is 1.95. The molecular weight excluding hydrogens is 270 g/mol. The standard InChI is InChI=1S/C14H19N5O2/c1-10-5-3-4-6-11(10)12(20)7-15-14(21)16-8-13-17-9-19(2)18-13/h3-6,9,12,20H,7-8H2,1-2H3,(H2,15,16,21). The molecule has 0 bridgehead atoms. The fourth-order valence-corrected chi connectivity index (χ4v) is 1.95. The van der Waals surface area contributed by atoms with Crippen LogP contribution in [-0.4, -0.2) is 32.4 Å². The number of rotatable bonds is 5. The molecule has 0 fully saturated rings. The molecule has 0 saturated heterocycles. The van der Waals surface area contributed by atoms with E-state index in [0.29, 0.717) is 5.82 Å². The Kier molecular flexibility index (Phi) is 4.89. The van der Waals surface area contributed by atoms with Crippen LogP contribution in [0, 0.1) is 6.92 Å². The largest absolute Gasteiger partial charge is 0.387 e. The first-order valence-corrected chi connectivity index (χ1v) is 6.66. The van der Waals surface area contributed by atoms with Gasteiger partial charge in [-0.3, -0.25) is 4.68 Å². The lowest BCUT2D eigenvalue weighted by molar-refractivity contribution is 0.172. The molecule has 1 atom stereocenters. The minimum absolute atomic E-state index is 0.145. The second kappa shape index (κ2) is 6.85. The van der Waals surface area contributed by atoms with Gasteiger partial charge in [-0.1, -0.05) is 24.3 Å². The Bertz CT molecular complexity index is 611. The maximum atomic E-state index is 11.6. The van der Waals surface area contributed by atoms with E-state index < -0.39 is 6.10 Å². The van der Waals surface area contributed by atoms with Crippen molar-refractivity contribution in [3.8, 4) is 0 Å². The number of benzene rings is 1. The molecule has 21 heavy (non-hydrogen) atoms. The van der Waals surface area contributed by atoms with E-state index in [1.165, 1.54) is 0 Å². The Morgan fingerprint density at radius 3 is 2.81 bits per heavy atom. The van der Waals surface area contributed by atoms with Crippen molar-refractivity contribution in [3.63, 3.8) is 0 Å². The summed E-state index contributed by atoms with van der Waals surface area (Å²) in [6, 6.07) is 7.17. The van der Waals surface area contributed by atoms with Gasteiger partial charge in [0.1, 0.15) is 6.33 Å². The first-order chi connectivity index (χ1) is 10.1. The first-order valence-electron chi connectivity index (χ1n) is 6.66. The van der Waals surface area contributed by atoms with Crippen molar-refractivity contribution < 1.29 is 9.90 Å². The lowest BCUT2D eigenvalue weighted by atomic mass is 10.0. The van der Waals surface area contributed by atoms with E-state index in [1.54, 1.807) is 18.1 Å². The maximum Gasteiger partial charge on any atom is 0.315 e. The van der Waals surface area contributed by atoms with Crippen LogP contribution in [0.1, 0.15) is 23.1 Å². The third-order valence-electron chi connectivity index (χ3n) is 3.06. The average molecular weight is 289 g/mol. The van der Waals surface area contributed by atoms with Crippen LogP contribution < -0.4 is 10.6 Å². The second-order valence-electron chi connectivity index (χ2n) is 4.77. The van der Waals surface area contributed by atoms with Crippen LogP contribution in [0.2, 0.25) is 0 Å². The molecule has 3 N–H and O–H groups in total. The highest BCUT2D eigenvalue weighted by Gasteiger charge is 2.11. The summed E-state index contributed by atoms with van der Waals surface area (Å²) in [4.78, 5) is 15.7. The number of carbonyl (C=O) groups is 1. The summed E-state index contributed by atoms with van der Waals surface area (Å²) < 4.78 is 1.57.